The fourth-order valence-corrected chi connectivity index (χ4v) is 2.06. The van der Waals surface area contributed by atoms with Crippen LogP contribution in [0.1, 0.15) is 6.92 Å². The second-order valence-corrected chi connectivity index (χ2v) is 5.10. The van der Waals surface area contributed by atoms with E-state index in [1.807, 2.05) is 6.92 Å². The van der Waals surface area contributed by atoms with Crippen LogP contribution in [0.4, 0.5) is 5.69 Å². The van der Waals surface area contributed by atoms with Gasteiger partial charge in [0.25, 0.3) is 5.91 Å². The Hall–Kier alpha value is -3.22. The first-order chi connectivity index (χ1) is 12.6. The molecule has 0 aliphatic carbocycles. The summed E-state index contributed by atoms with van der Waals surface area (Å²) in [6, 6.07) is 13.8. The number of hydrogen-bond donors (Lipinski definition) is 1. The predicted octanol–water partition coefficient (Wildman–Crippen LogP) is 2.65. The van der Waals surface area contributed by atoms with Gasteiger partial charge in [-0.25, -0.2) is 4.79 Å². The monoisotopic (exact) mass is 359 g/mol. The number of carbonyl (C=O) groups excluding carboxylic acids is 2. The highest BCUT2D eigenvalue weighted by molar-refractivity contribution is 5.94. The van der Waals surface area contributed by atoms with Gasteiger partial charge in [-0.3, -0.25) is 4.79 Å². The third-order valence-electron chi connectivity index (χ3n) is 3.24. The molecule has 138 valence electrons. The minimum atomic E-state index is -0.644. The Morgan fingerprint density at radius 1 is 0.923 bits per heavy atom. The minimum Gasteiger partial charge on any atom is -0.495 e. The van der Waals surface area contributed by atoms with Gasteiger partial charge in [0.2, 0.25) is 0 Å². The van der Waals surface area contributed by atoms with E-state index in [1.165, 1.54) is 7.11 Å². The van der Waals surface area contributed by atoms with Crippen molar-refractivity contribution in [2.45, 2.75) is 6.92 Å². The van der Waals surface area contributed by atoms with Crippen LogP contribution < -0.4 is 19.5 Å². The molecule has 0 aliphatic rings. The number of benzene rings is 2. The normalized spacial score (nSPS) is 9.92. The lowest BCUT2D eigenvalue weighted by Gasteiger charge is -2.10. The molecule has 0 bridgehead atoms. The summed E-state index contributed by atoms with van der Waals surface area (Å²) < 4.78 is 20.6. The van der Waals surface area contributed by atoms with Gasteiger partial charge in [0.1, 0.15) is 17.2 Å². The van der Waals surface area contributed by atoms with Gasteiger partial charge in [0.05, 0.1) is 19.4 Å². The minimum absolute atomic E-state index is 0.296. The topological polar surface area (TPSA) is 83.1 Å². The number of ether oxygens (including phenoxy) is 4. The molecule has 0 saturated carbocycles. The van der Waals surface area contributed by atoms with Crippen LogP contribution in [0.15, 0.2) is 48.5 Å². The number of hydrogen-bond acceptors (Lipinski definition) is 6. The van der Waals surface area contributed by atoms with Crippen LogP contribution in [-0.4, -0.2) is 38.8 Å². The number of rotatable bonds is 9. The molecule has 0 spiro atoms. The van der Waals surface area contributed by atoms with Gasteiger partial charge < -0.3 is 24.3 Å². The molecule has 26 heavy (non-hydrogen) atoms. The maximum Gasteiger partial charge on any atom is 0.344 e. The number of amides is 1. The first-order valence-electron chi connectivity index (χ1n) is 8.06. The third-order valence-corrected chi connectivity index (χ3v) is 3.24. The Morgan fingerprint density at radius 3 is 2.23 bits per heavy atom. The summed E-state index contributed by atoms with van der Waals surface area (Å²) in [5.41, 5.74) is 0.502. The molecular weight excluding hydrogens is 338 g/mol. The van der Waals surface area contributed by atoms with Crippen LogP contribution in [0.2, 0.25) is 0 Å². The number of nitrogens with one attached hydrogen (secondary N) is 1. The van der Waals surface area contributed by atoms with E-state index in [2.05, 4.69) is 5.32 Å². The molecule has 0 atom stereocenters. The van der Waals surface area contributed by atoms with E-state index in [-0.39, 0.29) is 6.61 Å². The van der Waals surface area contributed by atoms with Crippen LogP contribution in [0.3, 0.4) is 0 Å². The largest absolute Gasteiger partial charge is 0.495 e. The van der Waals surface area contributed by atoms with Crippen molar-refractivity contribution in [3.63, 3.8) is 0 Å². The molecule has 0 heterocycles. The molecule has 0 unspecified atom stereocenters. The molecule has 0 radical (unpaired) electrons. The van der Waals surface area contributed by atoms with Crippen molar-refractivity contribution >= 4 is 17.6 Å². The maximum atomic E-state index is 11.9. The van der Waals surface area contributed by atoms with Crippen LogP contribution in [0.25, 0.3) is 0 Å². The van der Waals surface area contributed by atoms with Gasteiger partial charge in [-0.2, -0.15) is 0 Å². The van der Waals surface area contributed by atoms with Crippen LogP contribution in [0.5, 0.6) is 17.2 Å². The van der Waals surface area contributed by atoms with E-state index in [1.54, 1.807) is 48.5 Å². The second-order valence-electron chi connectivity index (χ2n) is 5.10. The summed E-state index contributed by atoms with van der Waals surface area (Å²) >= 11 is 0. The molecule has 1 amide bonds. The molecule has 0 aliphatic heterocycles. The molecule has 1 N–H and O–H groups in total. The zero-order valence-corrected chi connectivity index (χ0v) is 14.7. The molecule has 7 nitrogen and oxygen atoms in total. The quantitative estimate of drug-likeness (QED) is 0.693. The van der Waals surface area contributed by atoms with Crippen molar-refractivity contribution in [3.05, 3.63) is 48.5 Å². The van der Waals surface area contributed by atoms with Crippen molar-refractivity contribution in [3.8, 4) is 17.2 Å². The van der Waals surface area contributed by atoms with Crippen molar-refractivity contribution in [1.82, 2.24) is 0 Å². The van der Waals surface area contributed by atoms with Crippen molar-refractivity contribution < 1.29 is 28.5 Å². The number of para-hydroxylation sites is 2. The van der Waals surface area contributed by atoms with Crippen molar-refractivity contribution in [2.24, 2.45) is 0 Å². The summed E-state index contributed by atoms with van der Waals surface area (Å²) in [5, 5.41) is 2.61. The summed E-state index contributed by atoms with van der Waals surface area (Å²) in [4.78, 5) is 23.5. The fraction of sp³-hybridized carbons (Fsp3) is 0.263. The number of anilines is 1. The van der Waals surface area contributed by atoms with E-state index < -0.39 is 18.5 Å². The lowest BCUT2D eigenvalue weighted by Crippen LogP contribution is -2.23. The molecule has 0 fully saturated rings. The number of methoxy groups -OCH3 is 1. The molecule has 2 rings (SSSR count). The van der Waals surface area contributed by atoms with Crippen molar-refractivity contribution in [2.75, 3.05) is 32.2 Å². The highest BCUT2D eigenvalue weighted by atomic mass is 16.6. The Kier molecular flexibility index (Phi) is 7.30. The summed E-state index contributed by atoms with van der Waals surface area (Å²) in [6.07, 6.45) is 0. The van der Waals surface area contributed by atoms with Gasteiger partial charge in [-0.15, -0.1) is 0 Å². The fourth-order valence-electron chi connectivity index (χ4n) is 2.06. The molecule has 7 heteroatoms. The lowest BCUT2D eigenvalue weighted by molar-refractivity contribution is -0.149. The first kappa shape index (κ1) is 19.1. The lowest BCUT2D eigenvalue weighted by atomic mass is 10.3. The van der Waals surface area contributed by atoms with Crippen LogP contribution >= 0.6 is 0 Å². The van der Waals surface area contributed by atoms with E-state index >= 15 is 0 Å². The molecular formula is C19H21NO6. The maximum absolute atomic E-state index is 11.9. The first-order valence-corrected chi connectivity index (χ1v) is 8.06. The average Bonchev–Trinajstić information content (AvgIpc) is 2.66. The van der Waals surface area contributed by atoms with Crippen molar-refractivity contribution in [1.29, 1.82) is 0 Å². The van der Waals surface area contributed by atoms with Crippen LogP contribution in [-0.2, 0) is 14.3 Å². The van der Waals surface area contributed by atoms with E-state index in [4.69, 9.17) is 18.9 Å². The van der Waals surface area contributed by atoms with E-state index in [0.29, 0.717) is 23.8 Å². The smallest absolute Gasteiger partial charge is 0.344 e. The standard InChI is InChI=1S/C19H21NO6/c1-3-24-14-8-10-15(11-9-14)25-13-19(22)26-12-18(21)20-16-6-4-5-7-17(16)23-2/h4-11H,3,12-13H2,1-2H3,(H,20,21). The SMILES string of the molecule is CCOc1ccc(OCC(=O)OCC(=O)Nc2ccccc2OC)cc1. The van der Waals surface area contributed by atoms with Gasteiger partial charge in [0, 0.05) is 0 Å². The summed E-state index contributed by atoms with van der Waals surface area (Å²) in [6.45, 7) is 1.76. The molecule has 0 saturated heterocycles. The Balaban J connectivity index is 1.73. The zero-order valence-electron chi connectivity index (χ0n) is 14.7. The highest BCUT2D eigenvalue weighted by Crippen LogP contribution is 2.22. The van der Waals surface area contributed by atoms with Gasteiger partial charge >= 0.3 is 5.97 Å². The third kappa shape index (κ3) is 6.01. The zero-order chi connectivity index (χ0) is 18.8. The van der Waals surface area contributed by atoms with Gasteiger partial charge in [0.15, 0.2) is 13.2 Å². The average molecular weight is 359 g/mol. The number of carbonyl (C=O) groups is 2. The number of esters is 1. The summed E-state index contributed by atoms with van der Waals surface area (Å²) in [7, 11) is 1.50. The molecule has 2 aromatic carbocycles. The molecule has 0 aromatic heterocycles. The Bertz CT molecular complexity index is 729. The van der Waals surface area contributed by atoms with Gasteiger partial charge in [-0.05, 0) is 43.3 Å². The van der Waals surface area contributed by atoms with Gasteiger partial charge in [-0.1, -0.05) is 12.1 Å². The molecule has 2 aromatic rings. The second kappa shape index (κ2) is 9.93. The highest BCUT2D eigenvalue weighted by Gasteiger charge is 2.11. The van der Waals surface area contributed by atoms with E-state index in [0.717, 1.165) is 5.75 Å². The Labute approximate surface area is 151 Å². The van der Waals surface area contributed by atoms with Crippen LogP contribution in [0, 0.1) is 0 Å². The Morgan fingerprint density at radius 2 is 1.58 bits per heavy atom. The predicted molar refractivity (Wildman–Crippen MR) is 95.7 cm³/mol. The summed E-state index contributed by atoms with van der Waals surface area (Å²) in [5.74, 6) is 0.628. The van der Waals surface area contributed by atoms with E-state index in [9.17, 15) is 9.59 Å².